The summed E-state index contributed by atoms with van der Waals surface area (Å²) in [6.07, 6.45) is 4.31. The van der Waals surface area contributed by atoms with E-state index in [1.807, 2.05) is 26.0 Å². The molecule has 1 saturated heterocycles. The normalized spacial score (nSPS) is 15.5. The van der Waals surface area contributed by atoms with E-state index in [0.717, 1.165) is 41.3 Å². The summed E-state index contributed by atoms with van der Waals surface area (Å²) in [4.78, 5) is 16.6. The first-order valence-electron chi connectivity index (χ1n) is 9.98. The van der Waals surface area contributed by atoms with E-state index in [9.17, 15) is 13.2 Å². The van der Waals surface area contributed by atoms with Crippen molar-refractivity contribution >= 4 is 32.8 Å². The Morgan fingerprint density at radius 1 is 1.10 bits per heavy atom. The van der Waals surface area contributed by atoms with E-state index in [0.29, 0.717) is 29.5 Å². The molecule has 0 aliphatic carbocycles. The van der Waals surface area contributed by atoms with E-state index >= 15 is 0 Å². The van der Waals surface area contributed by atoms with Crippen molar-refractivity contribution in [2.24, 2.45) is 0 Å². The molecule has 1 aliphatic rings. The van der Waals surface area contributed by atoms with Gasteiger partial charge in [0.2, 0.25) is 10.0 Å². The fraction of sp³-hybridized carbons (Fsp3) is 0.364. The third kappa shape index (κ3) is 4.17. The number of benzene rings is 1. The van der Waals surface area contributed by atoms with Crippen LogP contribution in [0.2, 0.25) is 0 Å². The zero-order valence-corrected chi connectivity index (χ0v) is 18.7. The molecule has 158 valence electrons. The molecule has 1 aliphatic heterocycles. The predicted octanol–water partition coefficient (Wildman–Crippen LogP) is 4.27. The third-order valence-electron chi connectivity index (χ3n) is 5.55. The standard InChI is InChI=1S/C22H24N2O4S2/c1-15-6-8-19-17(12-21(25)28-22(19)16(15)2)14-29-20-9-7-18(13-23-20)30(26,27)24-10-4-3-5-11-24/h6-9,12-13H,3-5,10-11,14H2,1-2H3. The number of piperidine rings is 1. The van der Waals surface area contributed by atoms with Gasteiger partial charge < -0.3 is 4.42 Å². The molecule has 0 radical (unpaired) electrons. The predicted molar refractivity (Wildman–Crippen MR) is 118 cm³/mol. The van der Waals surface area contributed by atoms with Crippen molar-refractivity contribution in [3.63, 3.8) is 0 Å². The lowest BCUT2D eigenvalue weighted by Gasteiger charge is -2.25. The molecule has 8 heteroatoms. The number of hydrogen-bond acceptors (Lipinski definition) is 6. The van der Waals surface area contributed by atoms with Gasteiger partial charge in [-0.25, -0.2) is 18.2 Å². The van der Waals surface area contributed by atoms with Crippen LogP contribution in [0.5, 0.6) is 0 Å². The van der Waals surface area contributed by atoms with Gasteiger partial charge in [0.05, 0.1) is 5.03 Å². The molecule has 0 amide bonds. The summed E-state index contributed by atoms with van der Waals surface area (Å²) in [5.41, 5.74) is 3.15. The third-order valence-corrected chi connectivity index (χ3v) is 8.43. The lowest BCUT2D eigenvalue weighted by molar-refractivity contribution is 0.346. The van der Waals surface area contributed by atoms with Crippen LogP contribution in [0, 0.1) is 13.8 Å². The van der Waals surface area contributed by atoms with Gasteiger partial charge in [-0.15, -0.1) is 11.8 Å². The maximum Gasteiger partial charge on any atom is 0.336 e. The van der Waals surface area contributed by atoms with Crippen LogP contribution in [0.15, 0.2) is 55.7 Å². The van der Waals surface area contributed by atoms with Crippen LogP contribution in [-0.2, 0) is 15.8 Å². The first-order chi connectivity index (χ1) is 14.4. The molecule has 2 aromatic heterocycles. The number of thioether (sulfide) groups is 1. The van der Waals surface area contributed by atoms with Crippen molar-refractivity contribution in [1.29, 1.82) is 0 Å². The zero-order valence-electron chi connectivity index (χ0n) is 17.1. The minimum Gasteiger partial charge on any atom is -0.422 e. The fourth-order valence-corrected chi connectivity index (χ4v) is 5.95. The molecule has 0 bridgehead atoms. The Hall–Kier alpha value is -2.16. The van der Waals surface area contributed by atoms with Gasteiger partial charge in [-0.05, 0) is 55.5 Å². The summed E-state index contributed by atoms with van der Waals surface area (Å²) >= 11 is 1.46. The quantitative estimate of drug-likeness (QED) is 0.432. The lowest BCUT2D eigenvalue weighted by Crippen LogP contribution is -2.35. The number of sulfonamides is 1. The summed E-state index contributed by atoms with van der Waals surface area (Å²) in [7, 11) is -3.48. The van der Waals surface area contributed by atoms with E-state index < -0.39 is 10.0 Å². The second kappa shape index (κ2) is 8.53. The molecule has 1 fully saturated rings. The average molecular weight is 445 g/mol. The summed E-state index contributed by atoms with van der Waals surface area (Å²) in [5, 5.41) is 1.62. The molecule has 0 unspecified atom stereocenters. The lowest BCUT2D eigenvalue weighted by atomic mass is 10.0. The number of aromatic nitrogens is 1. The molecule has 0 spiro atoms. The van der Waals surface area contributed by atoms with Crippen molar-refractivity contribution in [3.8, 4) is 0 Å². The van der Waals surface area contributed by atoms with Gasteiger partial charge in [0, 0.05) is 36.5 Å². The van der Waals surface area contributed by atoms with Gasteiger partial charge in [0.1, 0.15) is 10.5 Å². The molecular formula is C22H24N2O4S2. The second-order valence-electron chi connectivity index (χ2n) is 7.56. The first kappa shape index (κ1) is 21.1. The van der Waals surface area contributed by atoms with Gasteiger partial charge >= 0.3 is 5.63 Å². The Labute approximate surface area is 180 Å². The van der Waals surface area contributed by atoms with E-state index in [4.69, 9.17) is 4.42 Å². The monoisotopic (exact) mass is 444 g/mol. The average Bonchev–Trinajstić information content (AvgIpc) is 2.76. The molecule has 4 rings (SSSR count). The molecule has 3 aromatic rings. The van der Waals surface area contributed by atoms with Crippen LogP contribution in [-0.4, -0.2) is 30.8 Å². The minimum absolute atomic E-state index is 0.227. The van der Waals surface area contributed by atoms with E-state index in [1.165, 1.54) is 24.0 Å². The van der Waals surface area contributed by atoms with Crippen LogP contribution in [0.4, 0.5) is 0 Å². The van der Waals surface area contributed by atoms with Crippen LogP contribution in [0.1, 0.15) is 36.0 Å². The Morgan fingerprint density at radius 3 is 2.57 bits per heavy atom. The zero-order chi connectivity index (χ0) is 21.3. The molecule has 30 heavy (non-hydrogen) atoms. The highest BCUT2D eigenvalue weighted by Gasteiger charge is 2.26. The summed E-state index contributed by atoms with van der Waals surface area (Å²) < 4.78 is 32.5. The Bertz CT molecular complexity index is 1230. The van der Waals surface area contributed by atoms with E-state index in [1.54, 1.807) is 16.4 Å². The van der Waals surface area contributed by atoms with Crippen LogP contribution >= 0.6 is 11.8 Å². The number of pyridine rings is 1. The molecule has 0 saturated carbocycles. The van der Waals surface area contributed by atoms with Crippen LogP contribution in [0.3, 0.4) is 0 Å². The highest BCUT2D eigenvalue weighted by Crippen LogP contribution is 2.29. The maximum absolute atomic E-state index is 12.8. The molecular weight excluding hydrogens is 420 g/mol. The second-order valence-corrected chi connectivity index (χ2v) is 10.5. The van der Waals surface area contributed by atoms with Crippen molar-refractivity contribution in [1.82, 2.24) is 9.29 Å². The van der Waals surface area contributed by atoms with Gasteiger partial charge in [-0.1, -0.05) is 18.6 Å². The maximum atomic E-state index is 12.8. The SMILES string of the molecule is Cc1ccc2c(CSc3ccc(S(=O)(=O)N4CCCCC4)cn3)cc(=O)oc2c1C. The number of fused-ring (bicyclic) bond motifs is 1. The Balaban J connectivity index is 1.54. The summed E-state index contributed by atoms with van der Waals surface area (Å²) in [6.45, 7) is 5.07. The van der Waals surface area contributed by atoms with Crippen LogP contribution < -0.4 is 5.63 Å². The smallest absolute Gasteiger partial charge is 0.336 e. The Morgan fingerprint density at radius 2 is 1.87 bits per heavy atom. The number of hydrogen-bond donors (Lipinski definition) is 0. The highest BCUT2D eigenvalue weighted by atomic mass is 32.2. The van der Waals surface area contributed by atoms with E-state index in [2.05, 4.69) is 4.98 Å². The fourth-order valence-electron chi connectivity index (χ4n) is 3.65. The molecule has 0 N–H and O–H groups in total. The molecule has 1 aromatic carbocycles. The Kier molecular flexibility index (Phi) is 5.99. The van der Waals surface area contributed by atoms with Gasteiger partial charge in [0.15, 0.2) is 0 Å². The molecule has 0 atom stereocenters. The number of aryl methyl sites for hydroxylation is 2. The summed E-state index contributed by atoms with van der Waals surface area (Å²) in [5.74, 6) is 0.538. The van der Waals surface area contributed by atoms with Crippen LogP contribution in [0.25, 0.3) is 11.0 Å². The van der Waals surface area contributed by atoms with Crippen molar-refractivity contribution in [3.05, 3.63) is 63.6 Å². The molecule has 3 heterocycles. The largest absolute Gasteiger partial charge is 0.422 e. The number of nitrogens with zero attached hydrogens (tertiary/aromatic N) is 2. The van der Waals surface area contributed by atoms with Crippen molar-refractivity contribution < 1.29 is 12.8 Å². The molecule has 6 nitrogen and oxygen atoms in total. The summed E-state index contributed by atoms with van der Waals surface area (Å²) in [6, 6.07) is 8.84. The van der Waals surface area contributed by atoms with Gasteiger partial charge in [0.25, 0.3) is 0 Å². The highest BCUT2D eigenvalue weighted by molar-refractivity contribution is 7.98. The van der Waals surface area contributed by atoms with Crippen molar-refractivity contribution in [2.45, 2.75) is 48.8 Å². The first-order valence-corrected chi connectivity index (χ1v) is 12.4. The topological polar surface area (TPSA) is 80.5 Å². The number of rotatable bonds is 5. The minimum atomic E-state index is -3.48. The van der Waals surface area contributed by atoms with Gasteiger partial charge in [-0.2, -0.15) is 4.31 Å². The van der Waals surface area contributed by atoms with E-state index in [-0.39, 0.29) is 10.5 Å². The van der Waals surface area contributed by atoms with Crippen molar-refractivity contribution in [2.75, 3.05) is 13.1 Å². The van der Waals surface area contributed by atoms with Gasteiger partial charge in [-0.3, -0.25) is 0 Å².